The number of nitrogens with zero attached hydrogens (tertiary/aromatic N) is 5. The van der Waals surface area contributed by atoms with E-state index in [1.165, 1.54) is 12.1 Å². The molecule has 1 fully saturated rings. The van der Waals surface area contributed by atoms with E-state index in [0.29, 0.717) is 43.0 Å². The van der Waals surface area contributed by atoms with Crippen LogP contribution in [0.25, 0.3) is 11.2 Å². The predicted octanol–water partition coefficient (Wildman–Crippen LogP) is 2.80. The van der Waals surface area contributed by atoms with E-state index in [0.717, 1.165) is 29.6 Å². The lowest BCUT2D eigenvalue weighted by Gasteiger charge is -2.35. The van der Waals surface area contributed by atoms with Crippen LogP contribution in [0.5, 0.6) is 0 Å². The fraction of sp³-hybridized carbons (Fsp3) is 0.308. The number of aliphatic hydroxyl groups excluding tert-OH is 1. The van der Waals surface area contributed by atoms with Crippen molar-refractivity contribution in [2.75, 3.05) is 29.4 Å². The Labute approximate surface area is 205 Å². The third kappa shape index (κ3) is 3.74. The number of hydrogen-bond donors (Lipinski definition) is 2. The van der Waals surface area contributed by atoms with Gasteiger partial charge >= 0.3 is 5.69 Å². The monoisotopic (exact) mass is 488 g/mol. The SMILES string of the molecule is O=C(c1cc(N2CCC(n3c(=O)[nH]c4ncccc43)CC2)c(CO)cn1)N1CCc2cc(F)ccc21. The number of imidazole rings is 1. The van der Waals surface area contributed by atoms with Gasteiger partial charge in [0.2, 0.25) is 0 Å². The third-order valence-electron chi connectivity index (χ3n) is 7.19. The van der Waals surface area contributed by atoms with E-state index in [4.69, 9.17) is 0 Å². The standard InChI is InChI=1S/C26H25FN6O3/c27-18-3-4-21-16(12-18)5-11-32(21)25(35)20-13-23(17(15-34)14-29-20)31-9-6-19(7-10-31)33-22-2-1-8-28-24(22)30-26(33)36/h1-4,8,12-14,19,34H,5-7,9-11,15H2,(H,28,30,36). The molecule has 0 saturated carbocycles. The number of rotatable bonds is 4. The average molecular weight is 489 g/mol. The van der Waals surface area contributed by atoms with Crippen molar-refractivity contribution in [2.45, 2.75) is 31.9 Å². The highest BCUT2D eigenvalue weighted by molar-refractivity contribution is 6.06. The van der Waals surface area contributed by atoms with Gasteiger partial charge in [0.15, 0.2) is 5.65 Å². The van der Waals surface area contributed by atoms with Gasteiger partial charge in [-0.1, -0.05) is 0 Å². The second-order valence-corrected chi connectivity index (χ2v) is 9.23. The van der Waals surface area contributed by atoms with Crippen molar-refractivity contribution < 1.29 is 14.3 Å². The zero-order valence-electron chi connectivity index (χ0n) is 19.5. The molecule has 0 radical (unpaired) electrons. The van der Waals surface area contributed by atoms with E-state index in [1.807, 2.05) is 12.1 Å². The summed E-state index contributed by atoms with van der Waals surface area (Å²) in [6, 6.07) is 9.92. The van der Waals surface area contributed by atoms with Crippen LogP contribution in [0.2, 0.25) is 0 Å². The second-order valence-electron chi connectivity index (χ2n) is 9.23. The third-order valence-corrected chi connectivity index (χ3v) is 7.19. The molecular formula is C26H25FN6O3. The van der Waals surface area contributed by atoms with Crippen molar-refractivity contribution in [2.24, 2.45) is 0 Å². The highest BCUT2D eigenvalue weighted by atomic mass is 19.1. The largest absolute Gasteiger partial charge is 0.392 e. The fourth-order valence-electron chi connectivity index (χ4n) is 5.41. The number of aromatic nitrogens is 4. The van der Waals surface area contributed by atoms with Crippen LogP contribution in [0.3, 0.4) is 0 Å². The second kappa shape index (κ2) is 8.87. The molecule has 3 aromatic heterocycles. The van der Waals surface area contributed by atoms with Gasteiger partial charge in [0.05, 0.1) is 12.1 Å². The smallest absolute Gasteiger partial charge is 0.327 e. The Morgan fingerprint density at radius 1 is 1.11 bits per heavy atom. The molecule has 0 spiro atoms. The minimum absolute atomic E-state index is 0.0220. The average Bonchev–Trinajstić information content (AvgIpc) is 3.47. The number of pyridine rings is 2. The topological polar surface area (TPSA) is 107 Å². The number of aromatic amines is 1. The van der Waals surface area contributed by atoms with Gasteiger partial charge in [-0.3, -0.25) is 19.3 Å². The van der Waals surface area contributed by atoms with E-state index in [9.17, 15) is 19.1 Å². The van der Waals surface area contributed by atoms with E-state index < -0.39 is 0 Å². The normalized spacial score (nSPS) is 16.1. The highest BCUT2D eigenvalue weighted by Crippen LogP contribution is 2.32. The quantitative estimate of drug-likeness (QED) is 0.458. The van der Waals surface area contributed by atoms with E-state index >= 15 is 0 Å². The molecule has 4 aromatic rings. The summed E-state index contributed by atoms with van der Waals surface area (Å²) in [4.78, 5) is 41.1. The Kier molecular flexibility index (Phi) is 5.52. The number of fused-ring (bicyclic) bond motifs is 2. The molecule has 2 N–H and O–H groups in total. The number of aliphatic hydroxyl groups is 1. The van der Waals surface area contributed by atoms with Crippen molar-refractivity contribution in [3.8, 4) is 0 Å². The Hall–Kier alpha value is -4.05. The number of halogens is 1. The van der Waals surface area contributed by atoms with Crippen LogP contribution in [-0.4, -0.2) is 50.2 Å². The Morgan fingerprint density at radius 3 is 2.75 bits per heavy atom. The molecule has 1 aromatic carbocycles. The van der Waals surface area contributed by atoms with Gasteiger partial charge in [0.25, 0.3) is 5.91 Å². The first kappa shape index (κ1) is 22.4. The van der Waals surface area contributed by atoms with Gasteiger partial charge in [0, 0.05) is 55.0 Å². The van der Waals surface area contributed by atoms with Gasteiger partial charge in [-0.15, -0.1) is 0 Å². The number of amides is 1. The van der Waals surface area contributed by atoms with Crippen molar-refractivity contribution in [1.29, 1.82) is 0 Å². The molecule has 5 heterocycles. The first-order valence-corrected chi connectivity index (χ1v) is 12.0. The molecule has 2 aliphatic rings. The molecule has 184 valence electrons. The van der Waals surface area contributed by atoms with Crippen molar-refractivity contribution in [3.05, 3.63) is 81.9 Å². The summed E-state index contributed by atoms with van der Waals surface area (Å²) >= 11 is 0. The van der Waals surface area contributed by atoms with E-state index in [-0.39, 0.29) is 35.8 Å². The molecule has 0 bridgehead atoms. The molecule has 0 unspecified atom stereocenters. The number of carbonyl (C=O) groups is 1. The van der Waals surface area contributed by atoms with Crippen LogP contribution < -0.4 is 15.5 Å². The maximum absolute atomic E-state index is 13.6. The van der Waals surface area contributed by atoms with E-state index in [2.05, 4.69) is 19.9 Å². The number of nitrogens with one attached hydrogen (secondary N) is 1. The van der Waals surface area contributed by atoms with Crippen molar-refractivity contribution in [3.63, 3.8) is 0 Å². The van der Waals surface area contributed by atoms with Crippen LogP contribution in [0.4, 0.5) is 15.8 Å². The van der Waals surface area contributed by atoms with Gasteiger partial charge in [0.1, 0.15) is 11.5 Å². The molecule has 1 amide bonds. The van der Waals surface area contributed by atoms with Crippen LogP contribution in [-0.2, 0) is 13.0 Å². The zero-order chi connectivity index (χ0) is 24.8. The summed E-state index contributed by atoms with van der Waals surface area (Å²) in [7, 11) is 0. The summed E-state index contributed by atoms with van der Waals surface area (Å²) in [5.74, 6) is -0.566. The minimum atomic E-state index is -0.315. The molecule has 36 heavy (non-hydrogen) atoms. The first-order valence-electron chi connectivity index (χ1n) is 12.0. The maximum Gasteiger partial charge on any atom is 0.327 e. The molecule has 0 atom stereocenters. The number of hydrogen-bond acceptors (Lipinski definition) is 6. The molecule has 0 aliphatic carbocycles. The number of piperidine rings is 1. The van der Waals surface area contributed by atoms with Gasteiger partial charge in [-0.25, -0.2) is 14.2 Å². The van der Waals surface area contributed by atoms with Crippen LogP contribution in [0, 0.1) is 5.82 Å². The van der Waals surface area contributed by atoms with E-state index in [1.54, 1.807) is 34.0 Å². The fourth-order valence-corrected chi connectivity index (χ4v) is 5.41. The highest BCUT2D eigenvalue weighted by Gasteiger charge is 2.29. The Balaban J connectivity index is 1.24. The maximum atomic E-state index is 13.6. The number of anilines is 2. The van der Waals surface area contributed by atoms with Crippen LogP contribution in [0.1, 0.15) is 40.5 Å². The molecular weight excluding hydrogens is 463 g/mol. The van der Waals surface area contributed by atoms with Crippen LogP contribution >= 0.6 is 0 Å². The lowest BCUT2D eigenvalue weighted by atomic mass is 10.0. The molecule has 2 aliphatic heterocycles. The Bertz CT molecular complexity index is 1520. The summed E-state index contributed by atoms with van der Waals surface area (Å²) in [6.45, 7) is 1.58. The van der Waals surface area contributed by atoms with Crippen LogP contribution in [0.15, 0.2) is 53.6 Å². The molecule has 10 heteroatoms. The van der Waals surface area contributed by atoms with Crippen molar-refractivity contribution >= 4 is 28.4 Å². The Morgan fingerprint density at radius 2 is 1.94 bits per heavy atom. The number of benzene rings is 1. The summed E-state index contributed by atoms with van der Waals surface area (Å²) < 4.78 is 15.4. The van der Waals surface area contributed by atoms with Crippen molar-refractivity contribution in [1.82, 2.24) is 19.5 Å². The first-order chi connectivity index (χ1) is 17.5. The molecule has 1 saturated heterocycles. The minimum Gasteiger partial charge on any atom is -0.392 e. The summed E-state index contributed by atoms with van der Waals surface area (Å²) in [6.07, 6.45) is 5.25. The number of carbonyl (C=O) groups excluding carboxylic acids is 1. The van der Waals surface area contributed by atoms with Gasteiger partial charge in [-0.2, -0.15) is 0 Å². The van der Waals surface area contributed by atoms with Gasteiger partial charge in [-0.05, 0) is 61.2 Å². The lowest BCUT2D eigenvalue weighted by Crippen LogP contribution is -2.38. The zero-order valence-corrected chi connectivity index (χ0v) is 19.5. The van der Waals surface area contributed by atoms with Gasteiger partial charge < -0.3 is 14.9 Å². The lowest BCUT2D eigenvalue weighted by molar-refractivity contribution is 0.0984. The summed E-state index contributed by atoms with van der Waals surface area (Å²) in [5, 5.41) is 9.95. The molecule has 9 nitrogen and oxygen atoms in total. The summed E-state index contributed by atoms with van der Waals surface area (Å²) in [5.41, 5.74) is 4.40. The molecule has 6 rings (SSSR count). The number of H-pyrrole nitrogens is 1. The predicted molar refractivity (Wildman–Crippen MR) is 133 cm³/mol.